The maximum absolute atomic E-state index is 12.6. The fraction of sp³-hybridized carbons (Fsp3) is 0.278. The molecule has 5 heteroatoms. The summed E-state index contributed by atoms with van der Waals surface area (Å²) >= 11 is 0. The molecule has 5 nitrogen and oxygen atoms in total. The molecular weight excluding hydrogens is 292 g/mol. The second-order valence-electron chi connectivity index (χ2n) is 5.87. The average molecular weight is 310 g/mol. The molecular formula is C18H18N2O3. The number of fused-ring (bicyclic) bond motifs is 2. The number of benzene rings is 1. The molecule has 1 N–H and O–H groups in total. The zero-order valence-electron chi connectivity index (χ0n) is 13.1. The third-order valence-corrected chi connectivity index (χ3v) is 4.55. The van der Waals surface area contributed by atoms with E-state index in [4.69, 9.17) is 9.15 Å². The van der Waals surface area contributed by atoms with Crippen molar-refractivity contribution in [2.75, 3.05) is 19.0 Å². The lowest BCUT2D eigenvalue weighted by Crippen LogP contribution is -2.41. The van der Waals surface area contributed by atoms with Gasteiger partial charge in [0.15, 0.2) is 5.76 Å². The summed E-state index contributed by atoms with van der Waals surface area (Å²) in [7, 11) is 1.66. The van der Waals surface area contributed by atoms with E-state index in [1.165, 1.54) is 17.4 Å². The first-order valence-electron chi connectivity index (χ1n) is 7.68. The molecule has 2 aliphatic rings. The highest BCUT2D eigenvalue weighted by atomic mass is 16.5. The summed E-state index contributed by atoms with van der Waals surface area (Å²) in [6, 6.07) is 7.44. The van der Waals surface area contributed by atoms with Crippen molar-refractivity contribution >= 4 is 17.7 Å². The minimum atomic E-state index is -0.143. The third kappa shape index (κ3) is 2.11. The number of amides is 1. The maximum atomic E-state index is 12.6. The van der Waals surface area contributed by atoms with Crippen molar-refractivity contribution in [3.8, 4) is 5.75 Å². The van der Waals surface area contributed by atoms with Crippen LogP contribution in [0.15, 0.2) is 40.5 Å². The zero-order valence-corrected chi connectivity index (χ0v) is 13.1. The number of hydrogen-bond acceptors (Lipinski definition) is 4. The summed E-state index contributed by atoms with van der Waals surface area (Å²) in [5, 5.41) is 3.48. The Morgan fingerprint density at radius 3 is 3.00 bits per heavy atom. The minimum Gasteiger partial charge on any atom is -0.495 e. The van der Waals surface area contributed by atoms with Crippen LogP contribution >= 0.6 is 0 Å². The third-order valence-electron chi connectivity index (χ3n) is 4.55. The number of carbonyl (C=O) groups is 1. The molecule has 0 saturated carbocycles. The molecule has 2 aromatic rings. The first-order chi connectivity index (χ1) is 11.2. The lowest BCUT2D eigenvalue weighted by molar-refractivity contribution is 0.0728. The van der Waals surface area contributed by atoms with Gasteiger partial charge in [-0.2, -0.15) is 0 Å². The van der Waals surface area contributed by atoms with E-state index in [1.807, 2.05) is 11.0 Å². The fourth-order valence-corrected chi connectivity index (χ4v) is 3.33. The van der Waals surface area contributed by atoms with Crippen molar-refractivity contribution in [2.24, 2.45) is 0 Å². The Morgan fingerprint density at radius 1 is 1.39 bits per heavy atom. The van der Waals surface area contributed by atoms with E-state index < -0.39 is 0 Å². The lowest BCUT2D eigenvalue weighted by atomic mass is 9.97. The number of aryl methyl sites for hydroxylation is 1. The van der Waals surface area contributed by atoms with E-state index >= 15 is 0 Å². The molecule has 1 unspecified atom stereocenters. The number of furan rings is 1. The Labute approximate surface area is 134 Å². The van der Waals surface area contributed by atoms with Crippen molar-refractivity contribution in [2.45, 2.75) is 19.5 Å². The summed E-state index contributed by atoms with van der Waals surface area (Å²) in [6.07, 6.45) is 4.43. The standard InChI is InChI=1S/C18H18N2O3/c1-11-5-6-14(22-2)16-13(11)10-12-7-8-20(17(12)19-16)18(21)15-4-3-9-23-15/h3-6,9-10,17,19H,7-8H2,1-2H3. The highest BCUT2D eigenvalue weighted by Crippen LogP contribution is 2.41. The van der Waals surface area contributed by atoms with Crippen LogP contribution in [-0.4, -0.2) is 30.6 Å². The predicted octanol–water partition coefficient (Wildman–Crippen LogP) is 3.28. The molecule has 3 heterocycles. The highest BCUT2D eigenvalue weighted by molar-refractivity contribution is 5.93. The van der Waals surface area contributed by atoms with E-state index in [0.29, 0.717) is 12.3 Å². The van der Waals surface area contributed by atoms with Gasteiger partial charge in [-0.1, -0.05) is 6.07 Å². The van der Waals surface area contributed by atoms with Gasteiger partial charge in [0.05, 0.1) is 19.1 Å². The molecule has 0 aliphatic carbocycles. The SMILES string of the molecule is COc1ccc(C)c2c1NC1C(=C2)CCN1C(=O)c1ccco1. The molecule has 0 spiro atoms. The van der Waals surface area contributed by atoms with Crippen molar-refractivity contribution in [3.63, 3.8) is 0 Å². The van der Waals surface area contributed by atoms with E-state index in [9.17, 15) is 4.79 Å². The van der Waals surface area contributed by atoms with E-state index in [1.54, 1.807) is 19.2 Å². The highest BCUT2D eigenvalue weighted by Gasteiger charge is 2.37. The molecule has 1 amide bonds. The number of carbonyl (C=O) groups excluding carboxylic acids is 1. The van der Waals surface area contributed by atoms with Gasteiger partial charge in [-0.3, -0.25) is 4.79 Å². The molecule has 1 saturated heterocycles. The van der Waals surface area contributed by atoms with Crippen LogP contribution in [0.25, 0.3) is 6.08 Å². The van der Waals surface area contributed by atoms with Crippen LogP contribution in [0.3, 0.4) is 0 Å². The Kier molecular flexibility index (Phi) is 3.15. The maximum Gasteiger partial charge on any atom is 0.291 e. The molecule has 1 aromatic carbocycles. The zero-order chi connectivity index (χ0) is 16.0. The molecule has 2 aliphatic heterocycles. The van der Waals surface area contributed by atoms with Crippen molar-refractivity contribution in [3.05, 3.63) is 53.0 Å². The van der Waals surface area contributed by atoms with E-state index in [-0.39, 0.29) is 12.1 Å². The smallest absolute Gasteiger partial charge is 0.291 e. The monoisotopic (exact) mass is 310 g/mol. The van der Waals surface area contributed by atoms with Gasteiger partial charge in [-0.15, -0.1) is 0 Å². The molecule has 1 aromatic heterocycles. The molecule has 118 valence electrons. The molecule has 23 heavy (non-hydrogen) atoms. The van der Waals surface area contributed by atoms with Gasteiger partial charge >= 0.3 is 0 Å². The van der Waals surface area contributed by atoms with E-state index in [0.717, 1.165) is 23.4 Å². The Morgan fingerprint density at radius 2 is 2.26 bits per heavy atom. The fourth-order valence-electron chi connectivity index (χ4n) is 3.33. The number of likely N-dealkylation sites (tertiary alicyclic amines) is 1. The average Bonchev–Trinajstić information content (AvgIpc) is 3.23. The lowest BCUT2D eigenvalue weighted by Gasteiger charge is -2.31. The summed E-state index contributed by atoms with van der Waals surface area (Å²) in [5.74, 6) is 1.07. The first kappa shape index (κ1) is 13.9. The summed E-state index contributed by atoms with van der Waals surface area (Å²) < 4.78 is 10.7. The second kappa shape index (κ2) is 5.19. The number of nitrogens with zero attached hydrogens (tertiary/aromatic N) is 1. The van der Waals surface area contributed by atoms with Gasteiger partial charge in [0, 0.05) is 12.1 Å². The van der Waals surface area contributed by atoms with Crippen LogP contribution < -0.4 is 10.1 Å². The second-order valence-corrected chi connectivity index (χ2v) is 5.87. The molecule has 4 rings (SSSR count). The Hall–Kier alpha value is -2.69. The predicted molar refractivity (Wildman–Crippen MR) is 87.5 cm³/mol. The topological polar surface area (TPSA) is 54.7 Å². The Balaban J connectivity index is 1.72. The van der Waals surface area contributed by atoms with Crippen molar-refractivity contribution < 1.29 is 13.9 Å². The van der Waals surface area contributed by atoms with Crippen molar-refractivity contribution in [1.82, 2.24) is 4.90 Å². The van der Waals surface area contributed by atoms with Gasteiger partial charge in [0.1, 0.15) is 11.9 Å². The molecule has 1 atom stereocenters. The van der Waals surface area contributed by atoms with Gasteiger partial charge in [-0.25, -0.2) is 0 Å². The number of anilines is 1. The largest absolute Gasteiger partial charge is 0.495 e. The summed E-state index contributed by atoms with van der Waals surface area (Å²) in [4.78, 5) is 14.4. The van der Waals surface area contributed by atoms with Crippen LogP contribution in [0, 0.1) is 6.92 Å². The molecule has 0 radical (unpaired) electrons. The minimum absolute atomic E-state index is 0.0917. The first-order valence-corrected chi connectivity index (χ1v) is 7.68. The van der Waals surface area contributed by atoms with Gasteiger partial charge in [0.25, 0.3) is 5.91 Å². The normalized spacial score (nSPS) is 18.8. The molecule has 1 fully saturated rings. The van der Waals surface area contributed by atoms with Crippen LogP contribution in [0.1, 0.15) is 28.1 Å². The van der Waals surface area contributed by atoms with Crippen LogP contribution in [-0.2, 0) is 0 Å². The van der Waals surface area contributed by atoms with Gasteiger partial charge < -0.3 is 19.4 Å². The van der Waals surface area contributed by atoms with Gasteiger partial charge in [0.2, 0.25) is 0 Å². The van der Waals surface area contributed by atoms with Gasteiger partial charge in [-0.05, 0) is 48.8 Å². The number of nitrogens with one attached hydrogen (secondary N) is 1. The molecule has 0 bridgehead atoms. The van der Waals surface area contributed by atoms with Crippen LogP contribution in [0.4, 0.5) is 5.69 Å². The van der Waals surface area contributed by atoms with Crippen molar-refractivity contribution in [1.29, 1.82) is 0 Å². The summed E-state index contributed by atoms with van der Waals surface area (Å²) in [5.41, 5.74) is 4.49. The van der Waals surface area contributed by atoms with E-state index in [2.05, 4.69) is 24.4 Å². The number of rotatable bonds is 2. The van der Waals surface area contributed by atoms with Crippen LogP contribution in [0.2, 0.25) is 0 Å². The number of ether oxygens (including phenoxy) is 1. The number of hydrogen-bond donors (Lipinski definition) is 1. The quantitative estimate of drug-likeness (QED) is 0.925. The van der Waals surface area contributed by atoms with Crippen LogP contribution in [0.5, 0.6) is 5.75 Å². The summed E-state index contributed by atoms with van der Waals surface area (Å²) in [6.45, 7) is 2.76. The number of methoxy groups -OCH3 is 1. The Bertz CT molecular complexity index is 793.